The van der Waals surface area contributed by atoms with Gasteiger partial charge in [-0.15, -0.1) is 0 Å². The van der Waals surface area contributed by atoms with E-state index in [9.17, 15) is 0 Å². The van der Waals surface area contributed by atoms with E-state index < -0.39 is 5.54 Å². The number of aliphatic hydroxyl groups is 2. The maximum absolute atomic E-state index is 8.93. The van der Waals surface area contributed by atoms with Crippen molar-refractivity contribution in [2.45, 2.75) is 32.7 Å². The number of hydrogen-bond donors (Lipinski definition) is 3. The van der Waals surface area contributed by atoms with Crippen LogP contribution in [0.1, 0.15) is 27.2 Å². The summed E-state index contributed by atoms with van der Waals surface area (Å²) < 4.78 is 0. The Balaban J connectivity index is 3.58. The fraction of sp³-hybridized carbons (Fsp3) is 1.00. The van der Waals surface area contributed by atoms with Crippen molar-refractivity contribution in [1.82, 2.24) is 5.32 Å². The zero-order valence-corrected chi connectivity index (χ0v) is 8.30. The van der Waals surface area contributed by atoms with Crippen LogP contribution in [0.2, 0.25) is 0 Å². The first-order chi connectivity index (χ1) is 5.54. The van der Waals surface area contributed by atoms with Crippen LogP contribution in [0.4, 0.5) is 0 Å². The van der Waals surface area contributed by atoms with Gasteiger partial charge in [0.05, 0.1) is 18.8 Å². The highest BCUT2D eigenvalue weighted by Crippen LogP contribution is 2.03. The van der Waals surface area contributed by atoms with Gasteiger partial charge in [-0.1, -0.05) is 13.8 Å². The number of nitrogens with one attached hydrogen (secondary N) is 1. The van der Waals surface area contributed by atoms with E-state index in [0.29, 0.717) is 5.92 Å². The predicted octanol–water partition coefficient (Wildman–Crippen LogP) is 0.365. The van der Waals surface area contributed by atoms with Crippen molar-refractivity contribution in [2.75, 3.05) is 19.8 Å². The molecule has 0 aromatic rings. The lowest BCUT2D eigenvalue weighted by atomic mass is 10.0. The van der Waals surface area contributed by atoms with Crippen LogP contribution in [0.15, 0.2) is 0 Å². The monoisotopic (exact) mass is 175 g/mol. The van der Waals surface area contributed by atoms with Crippen molar-refractivity contribution in [3.05, 3.63) is 0 Å². The molecule has 12 heavy (non-hydrogen) atoms. The number of rotatable bonds is 6. The second-order valence-corrected chi connectivity index (χ2v) is 3.99. The third-order valence-electron chi connectivity index (χ3n) is 1.97. The van der Waals surface area contributed by atoms with Gasteiger partial charge in [-0.3, -0.25) is 0 Å². The zero-order valence-electron chi connectivity index (χ0n) is 8.30. The minimum atomic E-state index is -0.519. The lowest BCUT2D eigenvalue weighted by Gasteiger charge is -2.26. The Bertz CT molecular complexity index is 111. The third kappa shape index (κ3) is 4.70. The minimum Gasteiger partial charge on any atom is -0.394 e. The van der Waals surface area contributed by atoms with Crippen molar-refractivity contribution >= 4 is 0 Å². The molecule has 0 unspecified atom stereocenters. The highest BCUT2D eigenvalue weighted by Gasteiger charge is 2.20. The molecule has 0 aliphatic carbocycles. The smallest absolute Gasteiger partial charge is 0.0633 e. The van der Waals surface area contributed by atoms with Crippen LogP contribution in [-0.2, 0) is 0 Å². The van der Waals surface area contributed by atoms with Gasteiger partial charge in [-0.2, -0.15) is 0 Å². The molecule has 0 rings (SSSR count). The summed E-state index contributed by atoms with van der Waals surface area (Å²) in [6.45, 7) is 6.90. The highest BCUT2D eigenvalue weighted by molar-refractivity contribution is 4.80. The summed E-state index contributed by atoms with van der Waals surface area (Å²) in [7, 11) is 0. The molecule has 0 aromatic heterocycles. The van der Waals surface area contributed by atoms with E-state index in [1.165, 1.54) is 0 Å². The summed E-state index contributed by atoms with van der Waals surface area (Å²) in [5.74, 6) is 0.652. The van der Waals surface area contributed by atoms with Crippen LogP contribution >= 0.6 is 0 Å². The van der Waals surface area contributed by atoms with Crippen LogP contribution in [0, 0.1) is 5.92 Å². The molecule has 74 valence electrons. The average molecular weight is 175 g/mol. The molecule has 0 atom stereocenters. The van der Waals surface area contributed by atoms with Crippen LogP contribution < -0.4 is 5.32 Å². The van der Waals surface area contributed by atoms with Crippen molar-refractivity contribution in [3.63, 3.8) is 0 Å². The van der Waals surface area contributed by atoms with Crippen molar-refractivity contribution < 1.29 is 10.2 Å². The molecule has 0 saturated carbocycles. The fourth-order valence-corrected chi connectivity index (χ4v) is 0.824. The molecule has 0 aliphatic heterocycles. The quantitative estimate of drug-likeness (QED) is 0.546. The van der Waals surface area contributed by atoms with Crippen LogP contribution in [0.3, 0.4) is 0 Å². The fourth-order valence-electron chi connectivity index (χ4n) is 0.824. The lowest BCUT2D eigenvalue weighted by Crippen LogP contribution is -2.49. The van der Waals surface area contributed by atoms with E-state index >= 15 is 0 Å². The Morgan fingerprint density at radius 2 is 1.75 bits per heavy atom. The first kappa shape index (κ1) is 11.9. The van der Waals surface area contributed by atoms with Crippen molar-refractivity contribution in [3.8, 4) is 0 Å². The Morgan fingerprint density at radius 1 is 1.25 bits per heavy atom. The van der Waals surface area contributed by atoms with Gasteiger partial charge in [-0.25, -0.2) is 0 Å². The van der Waals surface area contributed by atoms with Gasteiger partial charge in [0.2, 0.25) is 0 Å². The molecule has 0 aliphatic rings. The van der Waals surface area contributed by atoms with Gasteiger partial charge in [-0.05, 0) is 25.8 Å². The van der Waals surface area contributed by atoms with E-state index in [4.69, 9.17) is 10.2 Å². The molecule has 0 heterocycles. The Labute approximate surface area is 74.8 Å². The molecule has 0 radical (unpaired) electrons. The Morgan fingerprint density at radius 3 is 2.08 bits per heavy atom. The molecule has 0 saturated heterocycles. The van der Waals surface area contributed by atoms with E-state index in [-0.39, 0.29) is 13.2 Å². The summed E-state index contributed by atoms with van der Waals surface area (Å²) in [4.78, 5) is 0. The average Bonchev–Trinajstić information content (AvgIpc) is 2.03. The van der Waals surface area contributed by atoms with Gasteiger partial charge < -0.3 is 15.5 Å². The van der Waals surface area contributed by atoms with E-state index in [1.807, 2.05) is 6.92 Å². The number of hydrogen-bond acceptors (Lipinski definition) is 3. The molecule has 3 nitrogen and oxygen atoms in total. The van der Waals surface area contributed by atoms with Gasteiger partial charge in [0, 0.05) is 0 Å². The van der Waals surface area contributed by atoms with E-state index in [0.717, 1.165) is 13.0 Å². The molecule has 3 N–H and O–H groups in total. The van der Waals surface area contributed by atoms with Crippen molar-refractivity contribution in [1.29, 1.82) is 0 Å². The normalized spacial score (nSPS) is 12.5. The van der Waals surface area contributed by atoms with Gasteiger partial charge >= 0.3 is 0 Å². The standard InChI is InChI=1S/C9H21NO2/c1-8(2)4-5-10-9(3,6-11)7-12/h8,10-12H,4-7H2,1-3H3. The molecular weight excluding hydrogens is 154 g/mol. The molecule has 0 amide bonds. The zero-order chi connectivity index (χ0) is 9.61. The van der Waals surface area contributed by atoms with Gasteiger partial charge in [0.1, 0.15) is 0 Å². The molecular formula is C9H21NO2. The van der Waals surface area contributed by atoms with Crippen LogP contribution in [0.5, 0.6) is 0 Å². The second-order valence-electron chi connectivity index (χ2n) is 3.99. The highest BCUT2D eigenvalue weighted by atomic mass is 16.3. The van der Waals surface area contributed by atoms with Gasteiger partial charge in [0.25, 0.3) is 0 Å². The lowest BCUT2D eigenvalue weighted by molar-refractivity contribution is 0.103. The molecule has 0 fully saturated rings. The number of aliphatic hydroxyl groups excluding tert-OH is 2. The topological polar surface area (TPSA) is 52.5 Å². The van der Waals surface area contributed by atoms with Gasteiger partial charge in [0.15, 0.2) is 0 Å². The summed E-state index contributed by atoms with van der Waals surface area (Å²) in [6.07, 6.45) is 1.07. The van der Waals surface area contributed by atoms with Crippen LogP contribution in [-0.4, -0.2) is 35.5 Å². The summed E-state index contributed by atoms with van der Waals surface area (Å²) in [5, 5.41) is 21.0. The first-order valence-electron chi connectivity index (χ1n) is 4.51. The molecule has 3 heteroatoms. The summed E-state index contributed by atoms with van der Waals surface area (Å²) in [5.41, 5.74) is -0.519. The second kappa shape index (κ2) is 5.51. The molecule has 0 spiro atoms. The summed E-state index contributed by atoms with van der Waals surface area (Å²) >= 11 is 0. The van der Waals surface area contributed by atoms with Crippen LogP contribution in [0.25, 0.3) is 0 Å². The SMILES string of the molecule is CC(C)CCNC(C)(CO)CO. The van der Waals surface area contributed by atoms with E-state index in [1.54, 1.807) is 0 Å². The first-order valence-corrected chi connectivity index (χ1v) is 4.51. The minimum absolute atomic E-state index is 0.0262. The summed E-state index contributed by atoms with van der Waals surface area (Å²) in [6, 6.07) is 0. The van der Waals surface area contributed by atoms with E-state index in [2.05, 4.69) is 19.2 Å². The maximum atomic E-state index is 8.93. The maximum Gasteiger partial charge on any atom is 0.0633 e. The molecule has 0 aromatic carbocycles. The Kier molecular flexibility index (Phi) is 5.46. The molecule has 0 bridgehead atoms. The predicted molar refractivity (Wildman–Crippen MR) is 50.0 cm³/mol. The largest absolute Gasteiger partial charge is 0.394 e. The third-order valence-corrected chi connectivity index (χ3v) is 1.97. The van der Waals surface area contributed by atoms with Crippen molar-refractivity contribution in [2.24, 2.45) is 5.92 Å². The Hall–Kier alpha value is -0.120.